The topological polar surface area (TPSA) is 102 Å². The van der Waals surface area contributed by atoms with Crippen molar-refractivity contribution < 1.29 is 4.79 Å². The van der Waals surface area contributed by atoms with Crippen LogP contribution in [0.1, 0.15) is 40.6 Å². The molecule has 0 radical (unpaired) electrons. The normalized spacial score (nSPS) is 17.8. The van der Waals surface area contributed by atoms with E-state index in [2.05, 4.69) is 20.2 Å². The SMILES string of the molecule is Cc1nc(N)ncc1C(=O)N1CCC[C@@H](c2nnc3ccccn23)C1. The number of fused-ring (bicyclic) bond motifs is 1. The Morgan fingerprint density at radius 1 is 1.32 bits per heavy atom. The monoisotopic (exact) mass is 337 g/mol. The van der Waals surface area contributed by atoms with E-state index in [9.17, 15) is 4.79 Å². The van der Waals surface area contributed by atoms with Crippen molar-refractivity contribution in [2.45, 2.75) is 25.7 Å². The number of carbonyl (C=O) groups is 1. The van der Waals surface area contributed by atoms with Gasteiger partial charge in [-0.2, -0.15) is 0 Å². The Morgan fingerprint density at radius 3 is 3.04 bits per heavy atom. The smallest absolute Gasteiger partial charge is 0.257 e. The maximum absolute atomic E-state index is 12.9. The molecular formula is C17H19N7O. The Bertz CT molecular complexity index is 936. The second kappa shape index (κ2) is 6.12. The number of hydrogen-bond acceptors (Lipinski definition) is 6. The summed E-state index contributed by atoms with van der Waals surface area (Å²) in [5, 5.41) is 8.57. The molecule has 1 atom stereocenters. The second-order valence-electron chi connectivity index (χ2n) is 6.30. The van der Waals surface area contributed by atoms with Gasteiger partial charge in [0.15, 0.2) is 5.65 Å². The van der Waals surface area contributed by atoms with E-state index in [4.69, 9.17) is 5.73 Å². The number of anilines is 1. The van der Waals surface area contributed by atoms with Crippen molar-refractivity contribution in [3.05, 3.63) is 47.7 Å². The van der Waals surface area contributed by atoms with Gasteiger partial charge >= 0.3 is 0 Å². The number of likely N-dealkylation sites (tertiary alicyclic amines) is 1. The lowest BCUT2D eigenvalue weighted by molar-refractivity contribution is 0.0702. The van der Waals surface area contributed by atoms with Crippen LogP contribution in [-0.2, 0) is 0 Å². The van der Waals surface area contributed by atoms with Crippen molar-refractivity contribution >= 4 is 17.5 Å². The van der Waals surface area contributed by atoms with Crippen LogP contribution < -0.4 is 5.73 Å². The van der Waals surface area contributed by atoms with Crippen molar-refractivity contribution in [2.24, 2.45) is 0 Å². The minimum Gasteiger partial charge on any atom is -0.368 e. The maximum atomic E-state index is 12.9. The first-order chi connectivity index (χ1) is 12.1. The Labute approximate surface area is 144 Å². The van der Waals surface area contributed by atoms with Gasteiger partial charge in [-0.05, 0) is 31.9 Å². The van der Waals surface area contributed by atoms with Crippen LogP contribution in [0.3, 0.4) is 0 Å². The van der Waals surface area contributed by atoms with Gasteiger partial charge < -0.3 is 10.6 Å². The highest BCUT2D eigenvalue weighted by Crippen LogP contribution is 2.27. The Morgan fingerprint density at radius 2 is 2.20 bits per heavy atom. The number of carbonyl (C=O) groups excluding carboxylic acids is 1. The molecule has 0 spiro atoms. The number of rotatable bonds is 2. The molecule has 0 aromatic carbocycles. The predicted molar refractivity (Wildman–Crippen MR) is 92.0 cm³/mol. The molecule has 1 amide bonds. The molecule has 3 aromatic heterocycles. The molecule has 4 rings (SSSR count). The van der Waals surface area contributed by atoms with Crippen LogP contribution in [0.2, 0.25) is 0 Å². The van der Waals surface area contributed by atoms with Gasteiger partial charge in [0.2, 0.25) is 5.95 Å². The zero-order valence-corrected chi connectivity index (χ0v) is 14.0. The summed E-state index contributed by atoms with van der Waals surface area (Å²) in [7, 11) is 0. The van der Waals surface area contributed by atoms with Gasteiger partial charge in [-0.3, -0.25) is 9.20 Å². The minimum atomic E-state index is -0.0592. The van der Waals surface area contributed by atoms with Gasteiger partial charge in [0.25, 0.3) is 5.91 Å². The van der Waals surface area contributed by atoms with Crippen LogP contribution in [0.5, 0.6) is 0 Å². The van der Waals surface area contributed by atoms with Crippen molar-refractivity contribution in [3.63, 3.8) is 0 Å². The Kier molecular flexibility index (Phi) is 3.79. The van der Waals surface area contributed by atoms with Gasteiger partial charge in [0, 0.05) is 31.4 Å². The van der Waals surface area contributed by atoms with Gasteiger partial charge in [0.1, 0.15) is 5.82 Å². The highest BCUT2D eigenvalue weighted by atomic mass is 16.2. The zero-order valence-electron chi connectivity index (χ0n) is 14.0. The molecule has 1 fully saturated rings. The number of nitrogens with zero attached hydrogens (tertiary/aromatic N) is 6. The summed E-state index contributed by atoms with van der Waals surface area (Å²) in [6, 6.07) is 5.83. The maximum Gasteiger partial charge on any atom is 0.257 e. The number of aryl methyl sites for hydroxylation is 1. The molecule has 1 aliphatic rings. The fourth-order valence-corrected chi connectivity index (χ4v) is 3.38. The fourth-order valence-electron chi connectivity index (χ4n) is 3.38. The molecule has 0 saturated carbocycles. The minimum absolute atomic E-state index is 0.0592. The highest BCUT2D eigenvalue weighted by molar-refractivity contribution is 5.95. The molecule has 3 aromatic rings. The van der Waals surface area contributed by atoms with E-state index in [1.54, 1.807) is 6.92 Å². The number of hydrogen-bond donors (Lipinski definition) is 1. The fraction of sp³-hybridized carbons (Fsp3) is 0.353. The molecule has 0 aliphatic carbocycles. The molecule has 8 nitrogen and oxygen atoms in total. The molecule has 0 unspecified atom stereocenters. The molecule has 8 heteroatoms. The van der Waals surface area contributed by atoms with Crippen LogP contribution in [0.25, 0.3) is 5.65 Å². The number of pyridine rings is 1. The van der Waals surface area contributed by atoms with Crippen molar-refractivity contribution in [1.82, 2.24) is 29.5 Å². The molecule has 4 heterocycles. The summed E-state index contributed by atoms with van der Waals surface area (Å²) in [6.07, 6.45) is 5.38. The standard InChI is InChI=1S/C17H19N7O/c1-11-13(9-19-17(18)20-11)16(25)23-7-4-5-12(10-23)15-22-21-14-6-2-3-8-24(14)15/h2-3,6,8-9,12H,4-5,7,10H2,1H3,(H2,18,19,20)/t12-/m1/s1. The molecule has 2 N–H and O–H groups in total. The lowest BCUT2D eigenvalue weighted by Gasteiger charge is -2.32. The molecular weight excluding hydrogens is 318 g/mol. The van der Waals surface area contributed by atoms with Crippen LogP contribution in [0.4, 0.5) is 5.95 Å². The van der Waals surface area contributed by atoms with Gasteiger partial charge in [-0.15, -0.1) is 10.2 Å². The number of nitrogens with two attached hydrogens (primary N) is 1. The van der Waals surface area contributed by atoms with E-state index in [-0.39, 0.29) is 17.8 Å². The van der Waals surface area contributed by atoms with Crippen molar-refractivity contribution in [2.75, 3.05) is 18.8 Å². The third-order valence-electron chi connectivity index (χ3n) is 4.64. The molecule has 128 valence electrons. The summed E-state index contributed by atoms with van der Waals surface area (Å²) in [5.74, 6) is 1.18. The molecule has 1 aliphatic heterocycles. The molecule has 25 heavy (non-hydrogen) atoms. The summed E-state index contributed by atoms with van der Waals surface area (Å²) < 4.78 is 2.00. The third kappa shape index (κ3) is 2.79. The lowest BCUT2D eigenvalue weighted by Crippen LogP contribution is -2.40. The Hall–Kier alpha value is -3.03. The van der Waals surface area contributed by atoms with E-state index < -0.39 is 0 Å². The summed E-state index contributed by atoms with van der Waals surface area (Å²) in [6.45, 7) is 3.10. The van der Waals surface area contributed by atoms with Crippen LogP contribution in [0.15, 0.2) is 30.6 Å². The van der Waals surface area contributed by atoms with E-state index in [1.165, 1.54) is 6.20 Å². The second-order valence-corrected chi connectivity index (χ2v) is 6.30. The average molecular weight is 337 g/mol. The van der Waals surface area contributed by atoms with Gasteiger partial charge in [0.05, 0.1) is 11.3 Å². The van der Waals surface area contributed by atoms with E-state index >= 15 is 0 Å². The van der Waals surface area contributed by atoms with Crippen LogP contribution >= 0.6 is 0 Å². The lowest BCUT2D eigenvalue weighted by atomic mass is 9.96. The predicted octanol–water partition coefficient (Wildman–Crippen LogP) is 1.43. The summed E-state index contributed by atoms with van der Waals surface area (Å²) >= 11 is 0. The number of amides is 1. The molecule has 1 saturated heterocycles. The first-order valence-corrected chi connectivity index (χ1v) is 8.31. The van der Waals surface area contributed by atoms with E-state index in [0.717, 1.165) is 30.9 Å². The first kappa shape index (κ1) is 15.5. The third-order valence-corrected chi connectivity index (χ3v) is 4.64. The van der Waals surface area contributed by atoms with Gasteiger partial charge in [-0.1, -0.05) is 6.07 Å². The van der Waals surface area contributed by atoms with Crippen molar-refractivity contribution in [3.8, 4) is 0 Å². The largest absolute Gasteiger partial charge is 0.368 e. The van der Waals surface area contributed by atoms with Gasteiger partial charge in [-0.25, -0.2) is 9.97 Å². The van der Waals surface area contributed by atoms with E-state index in [1.807, 2.05) is 33.7 Å². The van der Waals surface area contributed by atoms with E-state index in [0.29, 0.717) is 17.8 Å². The molecule has 0 bridgehead atoms. The van der Waals surface area contributed by atoms with Crippen LogP contribution in [0, 0.1) is 6.92 Å². The number of aromatic nitrogens is 5. The van der Waals surface area contributed by atoms with Crippen molar-refractivity contribution in [1.29, 1.82) is 0 Å². The quantitative estimate of drug-likeness (QED) is 0.759. The number of nitrogen functional groups attached to an aromatic ring is 1. The average Bonchev–Trinajstić information content (AvgIpc) is 3.05. The summed E-state index contributed by atoms with van der Waals surface area (Å²) in [4.78, 5) is 22.8. The highest BCUT2D eigenvalue weighted by Gasteiger charge is 2.29. The summed E-state index contributed by atoms with van der Waals surface area (Å²) in [5.41, 5.74) is 7.51. The first-order valence-electron chi connectivity index (χ1n) is 8.31. The van der Waals surface area contributed by atoms with Crippen LogP contribution in [-0.4, -0.2) is 48.5 Å². The number of piperidine rings is 1. The zero-order chi connectivity index (χ0) is 17.4. The Balaban J connectivity index is 1.59.